The van der Waals surface area contributed by atoms with Gasteiger partial charge in [-0.15, -0.1) is 0 Å². The second-order valence-corrected chi connectivity index (χ2v) is 5.64. The lowest BCUT2D eigenvalue weighted by molar-refractivity contribution is 0.195. The zero-order valence-electron chi connectivity index (χ0n) is 12.7. The molecule has 2 rings (SSSR count). The first-order valence-corrected chi connectivity index (χ1v) is 7.97. The zero-order valence-corrected chi connectivity index (χ0v) is 12.7. The number of benzene rings is 1. The van der Waals surface area contributed by atoms with Gasteiger partial charge < -0.3 is 10.1 Å². The van der Waals surface area contributed by atoms with E-state index < -0.39 is 0 Å². The molecule has 3 heteroatoms. The topological polar surface area (TPSA) is 24.5 Å². The quantitative estimate of drug-likeness (QED) is 0.864. The lowest BCUT2D eigenvalue weighted by atomic mass is 10.1. The van der Waals surface area contributed by atoms with E-state index in [-0.39, 0.29) is 0 Å². The van der Waals surface area contributed by atoms with Gasteiger partial charge in [0.15, 0.2) is 0 Å². The van der Waals surface area contributed by atoms with Crippen molar-refractivity contribution in [2.24, 2.45) is 0 Å². The van der Waals surface area contributed by atoms with Crippen LogP contribution in [0.5, 0.6) is 5.75 Å². The average Bonchev–Trinajstić information content (AvgIpc) is 2.42. The average molecular weight is 276 g/mol. The summed E-state index contributed by atoms with van der Waals surface area (Å²) in [6, 6.07) is 8.37. The summed E-state index contributed by atoms with van der Waals surface area (Å²) in [6.45, 7) is 5.22. The van der Waals surface area contributed by atoms with Crippen molar-refractivity contribution in [1.29, 1.82) is 0 Å². The highest BCUT2D eigenvalue weighted by Gasteiger charge is 2.07. The molecule has 1 aromatic carbocycles. The Labute approximate surface area is 123 Å². The van der Waals surface area contributed by atoms with Crippen molar-refractivity contribution in [1.82, 2.24) is 10.2 Å². The van der Waals surface area contributed by atoms with Crippen LogP contribution in [-0.2, 0) is 6.54 Å². The molecule has 1 aromatic rings. The molecule has 0 unspecified atom stereocenters. The second kappa shape index (κ2) is 8.98. The molecule has 0 aromatic heterocycles. The Kier molecular flexibility index (Phi) is 6.89. The number of nitrogens with one attached hydrogen (secondary N) is 1. The maximum atomic E-state index is 5.90. The summed E-state index contributed by atoms with van der Waals surface area (Å²) in [5.74, 6) is 0.991. The maximum Gasteiger partial charge on any atom is 0.119 e. The summed E-state index contributed by atoms with van der Waals surface area (Å²) in [5, 5.41) is 3.17. The second-order valence-electron chi connectivity index (χ2n) is 5.64. The van der Waals surface area contributed by atoms with E-state index in [1.165, 1.54) is 50.8 Å². The van der Waals surface area contributed by atoms with Crippen LogP contribution in [0.1, 0.15) is 37.7 Å². The molecule has 1 saturated heterocycles. The molecular weight excluding hydrogens is 248 g/mol. The lowest BCUT2D eigenvalue weighted by Gasteiger charge is -2.24. The van der Waals surface area contributed by atoms with Crippen molar-refractivity contribution in [3.8, 4) is 5.75 Å². The number of hydrogen-bond acceptors (Lipinski definition) is 3. The molecular formula is C17H28N2O. The van der Waals surface area contributed by atoms with E-state index >= 15 is 0 Å². The van der Waals surface area contributed by atoms with E-state index in [4.69, 9.17) is 4.74 Å². The number of rotatable bonds is 6. The molecule has 1 heterocycles. The molecule has 0 amide bonds. The Morgan fingerprint density at radius 3 is 2.60 bits per heavy atom. The highest BCUT2D eigenvalue weighted by molar-refractivity contribution is 5.28. The van der Waals surface area contributed by atoms with Crippen LogP contribution in [0.15, 0.2) is 24.3 Å². The van der Waals surface area contributed by atoms with Gasteiger partial charge in [0.2, 0.25) is 0 Å². The molecule has 1 N–H and O–H groups in total. The van der Waals surface area contributed by atoms with Crippen molar-refractivity contribution in [3.63, 3.8) is 0 Å². The monoisotopic (exact) mass is 276 g/mol. The molecule has 0 atom stereocenters. The first kappa shape index (κ1) is 15.3. The molecule has 1 aliphatic rings. The van der Waals surface area contributed by atoms with Crippen molar-refractivity contribution in [2.75, 3.05) is 33.3 Å². The van der Waals surface area contributed by atoms with E-state index in [0.717, 1.165) is 25.4 Å². The lowest BCUT2D eigenvalue weighted by Crippen LogP contribution is -2.31. The van der Waals surface area contributed by atoms with E-state index in [0.29, 0.717) is 0 Å². The van der Waals surface area contributed by atoms with Gasteiger partial charge in [0, 0.05) is 13.1 Å². The van der Waals surface area contributed by atoms with Crippen molar-refractivity contribution in [3.05, 3.63) is 29.8 Å². The minimum atomic E-state index is 0.795. The van der Waals surface area contributed by atoms with E-state index in [2.05, 4.69) is 28.4 Å². The maximum absolute atomic E-state index is 5.90. The van der Waals surface area contributed by atoms with Crippen LogP contribution in [0.4, 0.5) is 0 Å². The Bertz CT molecular complexity index is 373. The third-order valence-corrected chi connectivity index (χ3v) is 3.90. The number of ether oxygens (including phenoxy) is 1. The van der Waals surface area contributed by atoms with Gasteiger partial charge in [-0.05, 0) is 50.7 Å². The molecule has 0 aliphatic carbocycles. The fraction of sp³-hybridized carbons (Fsp3) is 0.647. The highest BCUT2D eigenvalue weighted by Crippen LogP contribution is 2.14. The van der Waals surface area contributed by atoms with Crippen LogP contribution < -0.4 is 10.1 Å². The van der Waals surface area contributed by atoms with E-state index in [1.54, 1.807) is 0 Å². The smallest absolute Gasteiger partial charge is 0.119 e. The van der Waals surface area contributed by atoms with Gasteiger partial charge in [0.05, 0.1) is 0 Å². The summed E-state index contributed by atoms with van der Waals surface area (Å²) in [5.41, 5.74) is 1.27. The fourth-order valence-electron chi connectivity index (χ4n) is 2.78. The van der Waals surface area contributed by atoms with E-state index in [9.17, 15) is 0 Å². The number of hydrogen-bond donors (Lipinski definition) is 1. The SMILES string of the molecule is CNCc1cccc(OCCN2CCCCCCC2)c1. The number of nitrogens with zero attached hydrogens (tertiary/aromatic N) is 1. The molecule has 0 bridgehead atoms. The molecule has 0 spiro atoms. The largest absolute Gasteiger partial charge is 0.492 e. The van der Waals surface area contributed by atoms with Crippen LogP contribution in [-0.4, -0.2) is 38.2 Å². The molecule has 0 radical (unpaired) electrons. The van der Waals surface area contributed by atoms with Gasteiger partial charge in [-0.1, -0.05) is 31.4 Å². The summed E-state index contributed by atoms with van der Waals surface area (Å²) >= 11 is 0. The van der Waals surface area contributed by atoms with Crippen LogP contribution in [0.3, 0.4) is 0 Å². The molecule has 3 nitrogen and oxygen atoms in total. The van der Waals surface area contributed by atoms with Crippen molar-refractivity contribution >= 4 is 0 Å². The summed E-state index contributed by atoms with van der Waals surface area (Å²) < 4.78 is 5.90. The Morgan fingerprint density at radius 2 is 1.85 bits per heavy atom. The molecule has 20 heavy (non-hydrogen) atoms. The van der Waals surface area contributed by atoms with Crippen LogP contribution in [0.2, 0.25) is 0 Å². The first-order chi connectivity index (χ1) is 9.88. The van der Waals surface area contributed by atoms with Crippen molar-refractivity contribution in [2.45, 2.75) is 38.6 Å². The molecule has 1 aliphatic heterocycles. The third-order valence-electron chi connectivity index (χ3n) is 3.90. The molecule has 0 saturated carbocycles. The van der Waals surface area contributed by atoms with Gasteiger partial charge >= 0.3 is 0 Å². The van der Waals surface area contributed by atoms with Gasteiger partial charge in [0.1, 0.15) is 12.4 Å². The normalized spacial score (nSPS) is 17.4. The molecule has 112 valence electrons. The van der Waals surface area contributed by atoms with Gasteiger partial charge in [-0.25, -0.2) is 0 Å². The Hall–Kier alpha value is -1.06. The standard InChI is InChI=1S/C17H28N2O/c1-18-15-16-8-7-9-17(14-16)20-13-12-19-10-5-3-2-4-6-11-19/h7-9,14,18H,2-6,10-13,15H2,1H3. The number of likely N-dealkylation sites (tertiary alicyclic amines) is 1. The minimum absolute atomic E-state index is 0.795. The summed E-state index contributed by atoms with van der Waals surface area (Å²) in [6.07, 6.45) is 6.89. The summed E-state index contributed by atoms with van der Waals surface area (Å²) in [4.78, 5) is 2.55. The predicted octanol–water partition coefficient (Wildman–Crippen LogP) is 3.05. The van der Waals surface area contributed by atoms with Crippen molar-refractivity contribution < 1.29 is 4.74 Å². The zero-order chi connectivity index (χ0) is 14.0. The summed E-state index contributed by atoms with van der Waals surface area (Å²) in [7, 11) is 1.97. The van der Waals surface area contributed by atoms with Crippen LogP contribution >= 0.6 is 0 Å². The van der Waals surface area contributed by atoms with E-state index in [1.807, 2.05) is 13.1 Å². The van der Waals surface area contributed by atoms with Crippen LogP contribution in [0, 0.1) is 0 Å². The van der Waals surface area contributed by atoms with Gasteiger partial charge in [-0.2, -0.15) is 0 Å². The highest BCUT2D eigenvalue weighted by atomic mass is 16.5. The van der Waals surface area contributed by atoms with Gasteiger partial charge in [0.25, 0.3) is 0 Å². The first-order valence-electron chi connectivity index (χ1n) is 7.97. The fourth-order valence-corrected chi connectivity index (χ4v) is 2.78. The third kappa shape index (κ3) is 5.51. The Morgan fingerprint density at radius 1 is 1.10 bits per heavy atom. The van der Waals surface area contributed by atoms with Crippen LogP contribution in [0.25, 0.3) is 0 Å². The predicted molar refractivity (Wildman–Crippen MR) is 84.2 cm³/mol. The molecule has 1 fully saturated rings. The Balaban J connectivity index is 1.72. The van der Waals surface area contributed by atoms with Gasteiger partial charge in [-0.3, -0.25) is 4.90 Å². The minimum Gasteiger partial charge on any atom is -0.492 e.